The highest BCUT2D eigenvalue weighted by Crippen LogP contribution is 2.33. The van der Waals surface area contributed by atoms with E-state index >= 15 is 0 Å². The van der Waals surface area contributed by atoms with Crippen molar-refractivity contribution in [3.05, 3.63) is 35.9 Å². The van der Waals surface area contributed by atoms with Gasteiger partial charge >= 0.3 is 0 Å². The lowest BCUT2D eigenvalue weighted by Gasteiger charge is -2.14. The lowest BCUT2D eigenvalue weighted by atomic mass is 10.1. The van der Waals surface area contributed by atoms with Crippen molar-refractivity contribution in [2.24, 2.45) is 0 Å². The van der Waals surface area contributed by atoms with E-state index in [9.17, 15) is 0 Å². The second kappa shape index (κ2) is 5.51. The molecule has 3 heteroatoms. The van der Waals surface area contributed by atoms with Crippen LogP contribution in [-0.2, 0) is 0 Å². The van der Waals surface area contributed by atoms with Gasteiger partial charge in [0.25, 0.3) is 0 Å². The summed E-state index contributed by atoms with van der Waals surface area (Å²) in [6, 6.07) is 10.3. The highest BCUT2D eigenvalue weighted by atomic mass is 127. The van der Waals surface area contributed by atoms with Crippen molar-refractivity contribution < 1.29 is 0 Å². The van der Waals surface area contributed by atoms with Gasteiger partial charge in [-0.15, -0.1) is 0 Å². The standard InChI is InChI=1S/C10H10INS/c1-8(13-7-12)10(11)9-5-3-2-4-6-9/h2-6,8,10H,1H3. The Kier molecular flexibility index (Phi) is 4.60. The first kappa shape index (κ1) is 10.9. The van der Waals surface area contributed by atoms with Gasteiger partial charge in [-0.1, -0.05) is 59.8 Å². The number of halogens is 1. The number of nitrogens with zero attached hydrogens (tertiary/aromatic N) is 1. The van der Waals surface area contributed by atoms with Crippen molar-refractivity contribution >= 4 is 34.4 Å². The van der Waals surface area contributed by atoms with Crippen LogP contribution in [0.5, 0.6) is 0 Å². The third-order valence-electron chi connectivity index (χ3n) is 1.77. The van der Waals surface area contributed by atoms with E-state index in [0.717, 1.165) is 0 Å². The molecule has 1 aromatic carbocycles. The molecule has 0 aromatic heterocycles. The van der Waals surface area contributed by atoms with Crippen LogP contribution in [0.3, 0.4) is 0 Å². The van der Waals surface area contributed by atoms with Crippen molar-refractivity contribution in [3.8, 4) is 5.40 Å². The average Bonchev–Trinajstić information content (AvgIpc) is 2.18. The number of nitriles is 1. The summed E-state index contributed by atoms with van der Waals surface area (Å²) in [4.78, 5) is 0. The largest absolute Gasteiger partial charge is 0.185 e. The zero-order valence-electron chi connectivity index (χ0n) is 7.27. The summed E-state index contributed by atoms with van der Waals surface area (Å²) >= 11 is 3.72. The van der Waals surface area contributed by atoms with Crippen LogP contribution in [0.4, 0.5) is 0 Å². The number of rotatable bonds is 3. The van der Waals surface area contributed by atoms with Gasteiger partial charge in [0.2, 0.25) is 0 Å². The fraction of sp³-hybridized carbons (Fsp3) is 0.300. The molecule has 0 bridgehead atoms. The zero-order valence-corrected chi connectivity index (χ0v) is 10.2. The second-order valence-electron chi connectivity index (χ2n) is 2.73. The molecule has 68 valence electrons. The quantitative estimate of drug-likeness (QED) is 0.482. The Morgan fingerprint density at radius 2 is 2.00 bits per heavy atom. The smallest absolute Gasteiger partial charge is 0.133 e. The first-order chi connectivity index (χ1) is 6.25. The minimum atomic E-state index is 0.341. The summed E-state index contributed by atoms with van der Waals surface area (Å²) in [7, 11) is 0. The second-order valence-corrected chi connectivity index (χ2v) is 5.23. The Morgan fingerprint density at radius 3 is 2.54 bits per heavy atom. The lowest BCUT2D eigenvalue weighted by molar-refractivity contribution is 0.953. The maximum Gasteiger partial charge on any atom is 0.133 e. The fourth-order valence-corrected chi connectivity index (χ4v) is 2.35. The number of alkyl halides is 1. The molecule has 2 atom stereocenters. The van der Waals surface area contributed by atoms with Crippen LogP contribution < -0.4 is 0 Å². The van der Waals surface area contributed by atoms with E-state index < -0.39 is 0 Å². The van der Waals surface area contributed by atoms with Gasteiger partial charge in [-0.05, 0) is 17.3 Å². The molecule has 1 rings (SSSR count). The van der Waals surface area contributed by atoms with E-state index in [1.54, 1.807) is 0 Å². The normalized spacial score (nSPS) is 14.5. The van der Waals surface area contributed by atoms with Crippen LogP contribution in [0.2, 0.25) is 0 Å². The topological polar surface area (TPSA) is 23.8 Å². The molecule has 1 nitrogen and oxygen atoms in total. The van der Waals surface area contributed by atoms with Crippen molar-refractivity contribution in [1.29, 1.82) is 5.26 Å². The number of hydrogen-bond donors (Lipinski definition) is 0. The molecule has 13 heavy (non-hydrogen) atoms. The van der Waals surface area contributed by atoms with Crippen LogP contribution in [0.1, 0.15) is 16.4 Å². The molecule has 0 radical (unpaired) electrons. The first-order valence-electron chi connectivity index (χ1n) is 3.99. The molecule has 0 spiro atoms. The van der Waals surface area contributed by atoms with E-state index in [1.165, 1.54) is 17.3 Å². The van der Waals surface area contributed by atoms with Gasteiger partial charge in [0.15, 0.2) is 0 Å². The van der Waals surface area contributed by atoms with Gasteiger partial charge in [0.1, 0.15) is 5.40 Å². The number of thiocyanates is 1. The highest BCUT2D eigenvalue weighted by molar-refractivity contribution is 14.1. The minimum Gasteiger partial charge on any atom is -0.185 e. The Balaban J connectivity index is 2.69. The van der Waals surface area contributed by atoms with E-state index in [2.05, 4.69) is 47.0 Å². The number of benzene rings is 1. The van der Waals surface area contributed by atoms with Crippen molar-refractivity contribution in [1.82, 2.24) is 0 Å². The molecule has 0 aliphatic carbocycles. The fourth-order valence-electron chi connectivity index (χ4n) is 1.05. The van der Waals surface area contributed by atoms with Crippen molar-refractivity contribution in [2.75, 3.05) is 0 Å². The van der Waals surface area contributed by atoms with E-state index in [1.807, 2.05) is 18.2 Å². The van der Waals surface area contributed by atoms with E-state index in [0.29, 0.717) is 9.17 Å². The maximum atomic E-state index is 8.54. The van der Waals surface area contributed by atoms with Crippen LogP contribution in [-0.4, -0.2) is 5.25 Å². The predicted molar refractivity (Wildman–Crippen MR) is 65.9 cm³/mol. The molecule has 0 fully saturated rings. The lowest BCUT2D eigenvalue weighted by Crippen LogP contribution is -2.03. The first-order valence-corrected chi connectivity index (χ1v) is 6.12. The van der Waals surface area contributed by atoms with Gasteiger partial charge in [0, 0.05) is 9.17 Å². The predicted octanol–water partition coefficient (Wildman–Crippen LogP) is 3.77. The molecular formula is C10H10INS. The summed E-state index contributed by atoms with van der Waals surface area (Å²) in [5.41, 5.74) is 1.29. The van der Waals surface area contributed by atoms with Crippen LogP contribution in [0.25, 0.3) is 0 Å². The van der Waals surface area contributed by atoms with Crippen LogP contribution >= 0.6 is 34.4 Å². The molecule has 0 aliphatic heterocycles. The Labute approximate surface area is 96.7 Å². The maximum absolute atomic E-state index is 8.54. The summed E-state index contributed by atoms with van der Waals surface area (Å²) in [6.45, 7) is 2.08. The summed E-state index contributed by atoms with van der Waals surface area (Å²) < 4.78 is 0.406. The molecule has 0 amide bonds. The van der Waals surface area contributed by atoms with Crippen LogP contribution in [0.15, 0.2) is 30.3 Å². The zero-order chi connectivity index (χ0) is 9.68. The third kappa shape index (κ3) is 3.20. The third-order valence-corrected chi connectivity index (χ3v) is 4.80. The van der Waals surface area contributed by atoms with Gasteiger partial charge in [-0.2, -0.15) is 5.26 Å². The van der Waals surface area contributed by atoms with Gasteiger partial charge in [-0.3, -0.25) is 0 Å². The van der Waals surface area contributed by atoms with E-state index in [-0.39, 0.29) is 0 Å². The van der Waals surface area contributed by atoms with Crippen molar-refractivity contribution in [2.45, 2.75) is 16.1 Å². The Bertz CT molecular complexity index is 294. The van der Waals surface area contributed by atoms with Gasteiger partial charge < -0.3 is 0 Å². The minimum absolute atomic E-state index is 0.341. The summed E-state index contributed by atoms with van der Waals surface area (Å²) in [5.74, 6) is 0. The molecule has 0 heterocycles. The van der Waals surface area contributed by atoms with Crippen molar-refractivity contribution in [3.63, 3.8) is 0 Å². The summed E-state index contributed by atoms with van der Waals surface area (Å²) in [6.07, 6.45) is 0. The molecule has 2 unspecified atom stereocenters. The molecule has 0 saturated heterocycles. The molecule has 0 saturated carbocycles. The molecular weight excluding hydrogens is 293 g/mol. The number of thioether (sulfide) groups is 1. The molecule has 0 N–H and O–H groups in total. The Morgan fingerprint density at radius 1 is 1.38 bits per heavy atom. The number of hydrogen-bond acceptors (Lipinski definition) is 2. The average molecular weight is 303 g/mol. The van der Waals surface area contributed by atoms with Gasteiger partial charge in [0.05, 0.1) is 0 Å². The Hall–Kier alpha value is -0.210. The SMILES string of the molecule is CC(SC#N)C(I)c1ccccc1. The summed E-state index contributed by atoms with van der Waals surface area (Å²) in [5, 5.41) is 11.0. The monoisotopic (exact) mass is 303 g/mol. The van der Waals surface area contributed by atoms with E-state index in [4.69, 9.17) is 5.26 Å². The molecule has 1 aromatic rings. The van der Waals surface area contributed by atoms with Crippen LogP contribution in [0, 0.1) is 10.7 Å². The highest BCUT2D eigenvalue weighted by Gasteiger charge is 2.15. The van der Waals surface area contributed by atoms with Gasteiger partial charge in [-0.25, -0.2) is 0 Å². The molecule has 0 aliphatic rings.